The van der Waals surface area contributed by atoms with Crippen LogP contribution in [0.4, 0.5) is 0 Å². The molecule has 0 radical (unpaired) electrons. The van der Waals surface area contributed by atoms with Gasteiger partial charge < -0.3 is 15.2 Å². The van der Waals surface area contributed by atoms with Crippen LogP contribution in [0.5, 0.6) is 17.2 Å². The van der Waals surface area contributed by atoms with E-state index in [1.165, 1.54) is 0 Å². The Morgan fingerprint density at radius 3 is 2.52 bits per heavy atom. The van der Waals surface area contributed by atoms with Gasteiger partial charge in [0.15, 0.2) is 5.11 Å². The Hall–Kier alpha value is -2.60. The first-order valence-electron chi connectivity index (χ1n) is 6.18. The maximum atomic E-state index is 5.76. The highest BCUT2D eigenvalue weighted by Gasteiger charge is 1.99. The van der Waals surface area contributed by atoms with Gasteiger partial charge in [-0.05, 0) is 54.2 Å². The smallest absolute Gasteiger partial charge is 0.184 e. The third-order valence-electron chi connectivity index (χ3n) is 2.54. The SMILES string of the molecule is COc1ccc(Oc2cccc(C=NNC(N)=S)c2)cc1. The molecule has 108 valence electrons. The number of ether oxygens (including phenoxy) is 2. The van der Waals surface area contributed by atoms with E-state index >= 15 is 0 Å². The van der Waals surface area contributed by atoms with Crippen molar-refractivity contribution >= 4 is 23.5 Å². The Bertz CT molecular complexity index is 642. The highest BCUT2D eigenvalue weighted by molar-refractivity contribution is 7.80. The lowest BCUT2D eigenvalue weighted by Crippen LogP contribution is -2.23. The van der Waals surface area contributed by atoms with Crippen molar-refractivity contribution in [2.75, 3.05) is 7.11 Å². The molecule has 5 nitrogen and oxygen atoms in total. The van der Waals surface area contributed by atoms with Gasteiger partial charge in [0.2, 0.25) is 0 Å². The molecule has 0 aliphatic carbocycles. The minimum Gasteiger partial charge on any atom is -0.497 e. The maximum Gasteiger partial charge on any atom is 0.184 e. The molecule has 0 aliphatic rings. The number of hydrazone groups is 1. The molecule has 0 saturated carbocycles. The molecular formula is C15H15N3O2S. The zero-order chi connectivity index (χ0) is 15.1. The van der Waals surface area contributed by atoms with Gasteiger partial charge in [-0.1, -0.05) is 12.1 Å². The van der Waals surface area contributed by atoms with Crippen LogP contribution < -0.4 is 20.6 Å². The van der Waals surface area contributed by atoms with Crippen LogP contribution in [0.2, 0.25) is 0 Å². The molecule has 2 aromatic carbocycles. The summed E-state index contributed by atoms with van der Waals surface area (Å²) in [6.45, 7) is 0. The Morgan fingerprint density at radius 1 is 1.14 bits per heavy atom. The first-order chi connectivity index (χ1) is 10.2. The molecule has 0 amide bonds. The van der Waals surface area contributed by atoms with Crippen LogP contribution in [0, 0.1) is 0 Å². The van der Waals surface area contributed by atoms with Crippen molar-refractivity contribution in [1.29, 1.82) is 0 Å². The lowest BCUT2D eigenvalue weighted by atomic mass is 10.2. The van der Waals surface area contributed by atoms with Gasteiger partial charge in [-0.15, -0.1) is 0 Å². The number of methoxy groups -OCH3 is 1. The van der Waals surface area contributed by atoms with Crippen molar-refractivity contribution in [1.82, 2.24) is 5.43 Å². The second-order valence-corrected chi connectivity index (χ2v) is 4.52. The summed E-state index contributed by atoms with van der Waals surface area (Å²) < 4.78 is 10.9. The van der Waals surface area contributed by atoms with Crippen molar-refractivity contribution in [3.8, 4) is 17.2 Å². The number of benzene rings is 2. The molecule has 2 aromatic rings. The molecule has 0 heterocycles. The fourth-order valence-electron chi connectivity index (χ4n) is 1.61. The largest absolute Gasteiger partial charge is 0.497 e. The molecular weight excluding hydrogens is 286 g/mol. The third-order valence-corrected chi connectivity index (χ3v) is 2.63. The van der Waals surface area contributed by atoms with Gasteiger partial charge in [0.1, 0.15) is 17.2 Å². The van der Waals surface area contributed by atoms with Crippen LogP contribution >= 0.6 is 12.2 Å². The van der Waals surface area contributed by atoms with Gasteiger partial charge in [0, 0.05) is 0 Å². The predicted octanol–water partition coefficient (Wildman–Crippen LogP) is 2.65. The van der Waals surface area contributed by atoms with E-state index in [0.29, 0.717) is 5.75 Å². The van der Waals surface area contributed by atoms with E-state index in [-0.39, 0.29) is 5.11 Å². The van der Waals surface area contributed by atoms with Crippen LogP contribution in [0.25, 0.3) is 0 Å². The van der Waals surface area contributed by atoms with E-state index < -0.39 is 0 Å². The van der Waals surface area contributed by atoms with Crippen molar-refractivity contribution in [2.45, 2.75) is 0 Å². The minimum absolute atomic E-state index is 0.122. The van der Waals surface area contributed by atoms with Gasteiger partial charge in [0.25, 0.3) is 0 Å². The monoisotopic (exact) mass is 301 g/mol. The standard InChI is InChI=1S/C15H15N3O2S/c1-19-12-5-7-13(8-6-12)20-14-4-2-3-11(9-14)10-17-18-15(16)21/h2-10H,1H3,(H3,16,18,21). The second-order valence-electron chi connectivity index (χ2n) is 4.08. The molecule has 21 heavy (non-hydrogen) atoms. The summed E-state index contributed by atoms with van der Waals surface area (Å²) in [5.74, 6) is 2.22. The molecule has 0 aliphatic heterocycles. The minimum atomic E-state index is 0.122. The molecule has 3 N–H and O–H groups in total. The van der Waals surface area contributed by atoms with Gasteiger partial charge in [-0.25, -0.2) is 0 Å². The summed E-state index contributed by atoms with van der Waals surface area (Å²) in [6, 6.07) is 14.9. The first kappa shape index (κ1) is 14.8. The van der Waals surface area contributed by atoms with Crippen LogP contribution in [0.3, 0.4) is 0 Å². The molecule has 0 saturated heterocycles. The summed E-state index contributed by atoms with van der Waals surface area (Å²) in [5.41, 5.74) is 8.65. The number of hydrogen-bond donors (Lipinski definition) is 2. The zero-order valence-electron chi connectivity index (χ0n) is 11.4. The molecule has 0 atom stereocenters. The van der Waals surface area contributed by atoms with E-state index in [2.05, 4.69) is 22.7 Å². The van der Waals surface area contributed by atoms with E-state index in [4.69, 9.17) is 15.2 Å². The molecule has 0 unspecified atom stereocenters. The summed E-state index contributed by atoms with van der Waals surface area (Å²) in [6.07, 6.45) is 1.61. The topological polar surface area (TPSA) is 68.9 Å². The summed E-state index contributed by atoms with van der Waals surface area (Å²) in [7, 11) is 1.62. The number of nitrogens with one attached hydrogen (secondary N) is 1. The molecule has 0 aromatic heterocycles. The maximum absolute atomic E-state index is 5.76. The van der Waals surface area contributed by atoms with E-state index in [1.54, 1.807) is 13.3 Å². The van der Waals surface area contributed by atoms with E-state index in [9.17, 15) is 0 Å². The van der Waals surface area contributed by atoms with Crippen molar-refractivity contribution < 1.29 is 9.47 Å². The fraction of sp³-hybridized carbons (Fsp3) is 0.0667. The summed E-state index contributed by atoms with van der Waals surface area (Å²) in [5, 5.41) is 4.02. The van der Waals surface area contributed by atoms with Gasteiger partial charge in [0.05, 0.1) is 13.3 Å². The van der Waals surface area contributed by atoms with Crippen LogP contribution in [0.1, 0.15) is 5.56 Å². The van der Waals surface area contributed by atoms with Crippen molar-refractivity contribution in [3.63, 3.8) is 0 Å². The van der Waals surface area contributed by atoms with Crippen LogP contribution in [-0.2, 0) is 0 Å². The number of nitrogens with zero attached hydrogens (tertiary/aromatic N) is 1. The molecule has 0 fully saturated rings. The van der Waals surface area contributed by atoms with Crippen molar-refractivity contribution in [2.24, 2.45) is 10.8 Å². The second kappa shape index (κ2) is 7.25. The Balaban J connectivity index is 2.06. The normalized spacial score (nSPS) is 10.3. The Morgan fingerprint density at radius 2 is 1.86 bits per heavy atom. The quantitative estimate of drug-likeness (QED) is 0.505. The van der Waals surface area contributed by atoms with Gasteiger partial charge in [-0.2, -0.15) is 5.10 Å². The average Bonchev–Trinajstić information content (AvgIpc) is 2.48. The first-order valence-corrected chi connectivity index (χ1v) is 6.58. The Labute approximate surface area is 128 Å². The number of thiocarbonyl (C=S) groups is 1. The van der Waals surface area contributed by atoms with Gasteiger partial charge >= 0.3 is 0 Å². The summed E-state index contributed by atoms with van der Waals surface area (Å²) >= 11 is 4.66. The molecule has 0 bridgehead atoms. The van der Waals surface area contributed by atoms with Crippen LogP contribution in [-0.4, -0.2) is 18.4 Å². The highest BCUT2D eigenvalue weighted by atomic mass is 32.1. The molecule has 6 heteroatoms. The predicted molar refractivity (Wildman–Crippen MR) is 87.0 cm³/mol. The highest BCUT2D eigenvalue weighted by Crippen LogP contribution is 2.24. The number of rotatable bonds is 5. The lowest BCUT2D eigenvalue weighted by molar-refractivity contribution is 0.413. The van der Waals surface area contributed by atoms with E-state index in [0.717, 1.165) is 17.1 Å². The molecule has 0 spiro atoms. The zero-order valence-corrected chi connectivity index (χ0v) is 12.3. The molecule has 2 rings (SSSR count). The van der Waals surface area contributed by atoms with Gasteiger partial charge in [-0.3, -0.25) is 5.43 Å². The number of hydrogen-bond acceptors (Lipinski definition) is 4. The van der Waals surface area contributed by atoms with E-state index in [1.807, 2.05) is 48.5 Å². The number of nitrogens with two attached hydrogens (primary N) is 1. The van der Waals surface area contributed by atoms with Crippen molar-refractivity contribution in [3.05, 3.63) is 54.1 Å². The lowest BCUT2D eigenvalue weighted by Gasteiger charge is -2.07. The average molecular weight is 301 g/mol. The fourth-order valence-corrected chi connectivity index (χ4v) is 1.66. The Kier molecular flexibility index (Phi) is 5.11. The summed E-state index contributed by atoms with van der Waals surface area (Å²) in [4.78, 5) is 0. The van der Waals surface area contributed by atoms with Crippen LogP contribution in [0.15, 0.2) is 53.6 Å². The third kappa shape index (κ3) is 4.77.